The van der Waals surface area contributed by atoms with Crippen LogP contribution in [0, 0.1) is 17.2 Å². The molecule has 0 bridgehead atoms. The molecule has 1 N–H and O–H groups in total. The first-order valence-electron chi connectivity index (χ1n) is 9.63. The van der Waals surface area contributed by atoms with Crippen LogP contribution in [0.2, 0.25) is 0 Å². The van der Waals surface area contributed by atoms with Crippen LogP contribution in [0.25, 0.3) is 11.0 Å². The van der Waals surface area contributed by atoms with Gasteiger partial charge in [-0.05, 0) is 42.2 Å². The number of nitrogens with zero attached hydrogens (tertiary/aromatic N) is 2. The highest BCUT2D eigenvalue weighted by Crippen LogP contribution is 2.38. The minimum Gasteiger partial charge on any atom is -0.343 e. The SMILES string of the molecule is CS(=O)(=O)c1ccc(C(CC2CCCC2)c2cc3cc(C#N)cnc3[nH]2)cc1. The zero-order valence-corrected chi connectivity index (χ0v) is 16.7. The number of sulfone groups is 1. The molecule has 1 aliphatic carbocycles. The van der Waals surface area contributed by atoms with Crippen molar-refractivity contribution in [3.63, 3.8) is 0 Å². The monoisotopic (exact) mass is 393 g/mol. The molecule has 0 aliphatic heterocycles. The first kappa shape index (κ1) is 18.7. The molecule has 2 aromatic heterocycles. The van der Waals surface area contributed by atoms with E-state index in [0.29, 0.717) is 16.4 Å². The van der Waals surface area contributed by atoms with Gasteiger partial charge >= 0.3 is 0 Å². The predicted molar refractivity (Wildman–Crippen MR) is 109 cm³/mol. The molecular weight excluding hydrogens is 370 g/mol. The van der Waals surface area contributed by atoms with Crippen molar-refractivity contribution < 1.29 is 8.42 Å². The quantitative estimate of drug-likeness (QED) is 0.689. The van der Waals surface area contributed by atoms with Crippen molar-refractivity contribution in [1.82, 2.24) is 9.97 Å². The summed E-state index contributed by atoms with van der Waals surface area (Å²) in [5.41, 5.74) is 3.49. The van der Waals surface area contributed by atoms with Crippen LogP contribution in [0.15, 0.2) is 47.5 Å². The minimum absolute atomic E-state index is 0.149. The van der Waals surface area contributed by atoms with Gasteiger partial charge in [0.05, 0.1) is 10.5 Å². The van der Waals surface area contributed by atoms with Gasteiger partial charge in [0.2, 0.25) is 0 Å². The molecule has 1 aliphatic rings. The first-order chi connectivity index (χ1) is 13.4. The van der Waals surface area contributed by atoms with E-state index in [2.05, 4.69) is 22.1 Å². The Morgan fingerprint density at radius 3 is 2.57 bits per heavy atom. The van der Waals surface area contributed by atoms with Crippen LogP contribution >= 0.6 is 0 Å². The summed E-state index contributed by atoms with van der Waals surface area (Å²) in [5.74, 6) is 0.824. The van der Waals surface area contributed by atoms with E-state index in [0.717, 1.165) is 28.7 Å². The van der Waals surface area contributed by atoms with Gasteiger partial charge in [-0.2, -0.15) is 5.26 Å². The lowest BCUT2D eigenvalue weighted by Gasteiger charge is -2.20. The fourth-order valence-electron chi connectivity index (χ4n) is 4.25. The third-order valence-electron chi connectivity index (χ3n) is 5.75. The third-order valence-corrected chi connectivity index (χ3v) is 6.88. The van der Waals surface area contributed by atoms with Crippen LogP contribution in [0.1, 0.15) is 54.8 Å². The molecule has 1 unspecified atom stereocenters. The highest BCUT2D eigenvalue weighted by atomic mass is 32.2. The first-order valence-corrected chi connectivity index (χ1v) is 11.5. The largest absolute Gasteiger partial charge is 0.343 e. The van der Waals surface area contributed by atoms with E-state index in [1.165, 1.54) is 31.9 Å². The Hall–Kier alpha value is -2.65. The molecule has 5 nitrogen and oxygen atoms in total. The number of nitriles is 1. The fourth-order valence-corrected chi connectivity index (χ4v) is 4.89. The predicted octanol–water partition coefficient (Wildman–Crippen LogP) is 4.55. The maximum Gasteiger partial charge on any atom is 0.175 e. The number of H-pyrrole nitrogens is 1. The summed E-state index contributed by atoms with van der Waals surface area (Å²) >= 11 is 0. The Labute approximate surface area is 165 Å². The van der Waals surface area contributed by atoms with Crippen molar-refractivity contribution in [3.8, 4) is 6.07 Å². The number of aromatic amines is 1. The second-order valence-corrected chi connectivity index (χ2v) is 9.79. The van der Waals surface area contributed by atoms with Gasteiger partial charge in [0.15, 0.2) is 9.84 Å². The summed E-state index contributed by atoms with van der Waals surface area (Å²) in [6, 6.07) is 13.3. The molecule has 6 heteroatoms. The van der Waals surface area contributed by atoms with E-state index >= 15 is 0 Å². The minimum atomic E-state index is -3.21. The molecule has 144 valence electrons. The van der Waals surface area contributed by atoms with Crippen molar-refractivity contribution >= 4 is 20.9 Å². The van der Waals surface area contributed by atoms with E-state index in [4.69, 9.17) is 5.26 Å². The highest BCUT2D eigenvalue weighted by Gasteiger charge is 2.24. The second-order valence-electron chi connectivity index (χ2n) is 7.78. The summed E-state index contributed by atoms with van der Waals surface area (Å²) < 4.78 is 23.6. The fraction of sp³-hybridized carbons (Fsp3) is 0.364. The number of fused-ring (bicyclic) bond motifs is 1. The number of rotatable bonds is 5. The Morgan fingerprint density at radius 2 is 1.93 bits per heavy atom. The average molecular weight is 394 g/mol. The van der Waals surface area contributed by atoms with Crippen molar-refractivity contribution in [2.45, 2.75) is 42.9 Å². The molecule has 0 amide bonds. The molecule has 1 saturated carbocycles. The maximum atomic E-state index is 11.8. The second kappa shape index (κ2) is 7.40. The van der Waals surface area contributed by atoms with Crippen molar-refractivity contribution in [2.75, 3.05) is 6.26 Å². The molecule has 0 spiro atoms. The zero-order valence-electron chi connectivity index (χ0n) is 15.9. The van der Waals surface area contributed by atoms with E-state index in [1.807, 2.05) is 18.2 Å². The van der Waals surface area contributed by atoms with E-state index in [1.54, 1.807) is 18.3 Å². The van der Waals surface area contributed by atoms with Gasteiger partial charge in [0.1, 0.15) is 11.7 Å². The summed E-state index contributed by atoms with van der Waals surface area (Å²) in [7, 11) is -3.21. The molecule has 2 heterocycles. The van der Waals surface area contributed by atoms with Crippen LogP contribution in [0.5, 0.6) is 0 Å². The van der Waals surface area contributed by atoms with Crippen LogP contribution in [0.4, 0.5) is 0 Å². The molecule has 3 aromatic rings. The van der Waals surface area contributed by atoms with Crippen molar-refractivity contribution in [1.29, 1.82) is 5.26 Å². The van der Waals surface area contributed by atoms with Gasteiger partial charge < -0.3 is 4.98 Å². The molecule has 28 heavy (non-hydrogen) atoms. The van der Waals surface area contributed by atoms with Crippen LogP contribution < -0.4 is 0 Å². The lowest BCUT2D eigenvalue weighted by Crippen LogP contribution is -2.08. The van der Waals surface area contributed by atoms with Crippen molar-refractivity contribution in [3.05, 3.63) is 59.4 Å². The van der Waals surface area contributed by atoms with E-state index in [9.17, 15) is 8.42 Å². The van der Waals surface area contributed by atoms with Crippen molar-refractivity contribution in [2.24, 2.45) is 5.92 Å². The molecule has 0 saturated heterocycles. The van der Waals surface area contributed by atoms with E-state index < -0.39 is 9.84 Å². The van der Waals surface area contributed by atoms with Gasteiger partial charge in [-0.1, -0.05) is 37.8 Å². The molecular formula is C22H23N3O2S. The number of hydrogen-bond donors (Lipinski definition) is 1. The van der Waals surface area contributed by atoms with Gasteiger partial charge in [-0.25, -0.2) is 13.4 Å². The van der Waals surface area contributed by atoms with Crippen LogP contribution in [0.3, 0.4) is 0 Å². The Balaban J connectivity index is 1.74. The summed E-state index contributed by atoms with van der Waals surface area (Å²) in [6.45, 7) is 0. The Kier molecular flexibility index (Phi) is 4.94. The number of nitrogens with one attached hydrogen (secondary N) is 1. The third kappa shape index (κ3) is 3.81. The lowest BCUT2D eigenvalue weighted by molar-refractivity contribution is 0.469. The van der Waals surface area contributed by atoms with Gasteiger partial charge in [-0.15, -0.1) is 0 Å². The number of pyridine rings is 1. The Bertz CT molecular complexity index is 1130. The molecule has 4 rings (SSSR count). The highest BCUT2D eigenvalue weighted by molar-refractivity contribution is 7.90. The zero-order chi connectivity index (χ0) is 19.7. The van der Waals surface area contributed by atoms with Gasteiger partial charge in [0.25, 0.3) is 0 Å². The molecule has 1 aromatic carbocycles. The van der Waals surface area contributed by atoms with E-state index in [-0.39, 0.29) is 5.92 Å². The van der Waals surface area contributed by atoms with Crippen LogP contribution in [-0.2, 0) is 9.84 Å². The molecule has 1 fully saturated rings. The molecule has 0 radical (unpaired) electrons. The lowest BCUT2D eigenvalue weighted by atomic mass is 9.85. The average Bonchev–Trinajstić information content (AvgIpc) is 3.34. The number of benzene rings is 1. The Morgan fingerprint density at radius 1 is 1.21 bits per heavy atom. The smallest absolute Gasteiger partial charge is 0.175 e. The summed E-state index contributed by atoms with van der Waals surface area (Å²) in [5, 5.41) is 10.1. The normalized spacial score (nSPS) is 16.3. The van der Waals surface area contributed by atoms with Gasteiger partial charge in [0, 0.05) is 29.5 Å². The molecule has 1 atom stereocenters. The topological polar surface area (TPSA) is 86.6 Å². The summed E-state index contributed by atoms with van der Waals surface area (Å²) in [6.07, 6.45) is 8.89. The number of aromatic nitrogens is 2. The van der Waals surface area contributed by atoms with Gasteiger partial charge in [-0.3, -0.25) is 0 Å². The van der Waals surface area contributed by atoms with Crippen LogP contribution in [-0.4, -0.2) is 24.6 Å². The standard InChI is InChI=1S/C22H23N3O2S/c1-28(26,27)19-8-6-17(7-9-19)20(11-15-4-2-3-5-15)21-12-18-10-16(13-23)14-24-22(18)25-21/h6-10,12,14-15,20H,2-5,11H2,1H3,(H,24,25). The maximum absolute atomic E-state index is 11.8. The summed E-state index contributed by atoms with van der Waals surface area (Å²) in [4.78, 5) is 8.14. The number of hydrogen-bond acceptors (Lipinski definition) is 4.